The van der Waals surface area contributed by atoms with E-state index in [0.717, 1.165) is 6.54 Å². The fourth-order valence-corrected chi connectivity index (χ4v) is 3.47. The van der Waals surface area contributed by atoms with E-state index < -0.39 is 9.84 Å². The van der Waals surface area contributed by atoms with Crippen molar-refractivity contribution in [3.8, 4) is 6.07 Å². The highest BCUT2D eigenvalue weighted by atomic mass is 32.2. The highest BCUT2D eigenvalue weighted by Gasteiger charge is 2.22. The molecule has 1 aromatic carbocycles. The van der Waals surface area contributed by atoms with Crippen molar-refractivity contribution in [3.63, 3.8) is 0 Å². The molecule has 0 amide bonds. The largest absolute Gasteiger partial charge is 0.392 e. The second kappa shape index (κ2) is 5.70. The molecule has 0 saturated carbocycles. The fraction of sp³-hybridized carbons (Fsp3) is 0.462. The molecule has 0 bridgehead atoms. The number of nitriles is 1. The Labute approximate surface area is 113 Å². The van der Waals surface area contributed by atoms with E-state index in [9.17, 15) is 13.5 Å². The number of aliphatic hydroxyl groups is 1. The molecule has 1 aromatic rings. The van der Waals surface area contributed by atoms with E-state index in [-0.39, 0.29) is 16.8 Å². The second-order valence-corrected chi connectivity index (χ2v) is 6.81. The molecule has 102 valence electrons. The summed E-state index contributed by atoms with van der Waals surface area (Å²) in [5.74, 6) is 0.00853. The Morgan fingerprint density at radius 2 is 2.26 bits per heavy atom. The van der Waals surface area contributed by atoms with E-state index >= 15 is 0 Å². The van der Waals surface area contributed by atoms with Crippen molar-refractivity contribution in [3.05, 3.63) is 29.8 Å². The topological polar surface area (TPSA) is 81.4 Å². The summed E-state index contributed by atoms with van der Waals surface area (Å²) in [6.07, 6.45) is 0.355. The van der Waals surface area contributed by atoms with Crippen LogP contribution in [0.3, 0.4) is 0 Å². The van der Waals surface area contributed by atoms with Gasteiger partial charge in [0.2, 0.25) is 0 Å². The van der Waals surface area contributed by atoms with Gasteiger partial charge in [0.15, 0.2) is 9.84 Å². The van der Waals surface area contributed by atoms with Gasteiger partial charge in [-0.3, -0.25) is 4.90 Å². The van der Waals surface area contributed by atoms with Crippen LogP contribution in [0.25, 0.3) is 0 Å². The predicted octanol–water partition coefficient (Wildman–Crippen LogP) is 0.399. The molecule has 0 aliphatic carbocycles. The van der Waals surface area contributed by atoms with Crippen LogP contribution in [0.15, 0.2) is 29.2 Å². The zero-order valence-electron chi connectivity index (χ0n) is 10.5. The molecule has 5 nitrogen and oxygen atoms in total. The number of likely N-dealkylation sites (tertiary alicyclic amines) is 1. The highest BCUT2D eigenvalue weighted by molar-refractivity contribution is 7.91. The standard InChI is InChI=1S/C13H16N2O3S/c14-9-11-2-1-3-13(8-11)19(17,18)7-6-15-5-4-12(16)10-15/h1-3,8,12,16H,4-7,10H2/t12-/m0/s1. The van der Waals surface area contributed by atoms with Gasteiger partial charge in [-0.15, -0.1) is 0 Å². The van der Waals surface area contributed by atoms with Gasteiger partial charge in [0.05, 0.1) is 28.4 Å². The predicted molar refractivity (Wildman–Crippen MR) is 70.3 cm³/mol. The van der Waals surface area contributed by atoms with Gasteiger partial charge in [-0.1, -0.05) is 6.07 Å². The number of benzene rings is 1. The molecule has 1 fully saturated rings. The number of aliphatic hydroxyl groups excluding tert-OH is 1. The van der Waals surface area contributed by atoms with Crippen molar-refractivity contribution in [1.82, 2.24) is 4.90 Å². The molecular weight excluding hydrogens is 264 g/mol. The number of hydrogen-bond donors (Lipinski definition) is 1. The average molecular weight is 280 g/mol. The monoisotopic (exact) mass is 280 g/mol. The van der Waals surface area contributed by atoms with Crippen LogP contribution in [-0.4, -0.2) is 49.9 Å². The maximum absolute atomic E-state index is 12.1. The lowest BCUT2D eigenvalue weighted by molar-refractivity contribution is 0.178. The van der Waals surface area contributed by atoms with Crippen LogP contribution in [0, 0.1) is 11.3 Å². The van der Waals surface area contributed by atoms with Crippen molar-refractivity contribution in [1.29, 1.82) is 5.26 Å². The Kier molecular flexibility index (Phi) is 4.20. The first-order valence-corrected chi connectivity index (χ1v) is 7.80. The Morgan fingerprint density at radius 1 is 1.47 bits per heavy atom. The lowest BCUT2D eigenvalue weighted by atomic mass is 10.2. The molecule has 1 heterocycles. The zero-order valence-corrected chi connectivity index (χ0v) is 11.3. The minimum Gasteiger partial charge on any atom is -0.392 e. The Morgan fingerprint density at radius 3 is 2.89 bits per heavy atom. The molecule has 1 N–H and O–H groups in total. The molecule has 0 radical (unpaired) electrons. The third kappa shape index (κ3) is 3.53. The van der Waals surface area contributed by atoms with Crippen molar-refractivity contribution in [2.75, 3.05) is 25.4 Å². The van der Waals surface area contributed by atoms with Gasteiger partial charge in [0.25, 0.3) is 0 Å². The maximum Gasteiger partial charge on any atom is 0.179 e. The van der Waals surface area contributed by atoms with Crippen molar-refractivity contribution < 1.29 is 13.5 Å². The number of rotatable bonds is 4. The number of nitrogens with zero attached hydrogens (tertiary/aromatic N) is 2. The molecule has 0 spiro atoms. The molecule has 0 unspecified atom stereocenters. The zero-order chi connectivity index (χ0) is 13.9. The highest BCUT2D eigenvalue weighted by Crippen LogP contribution is 2.15. The van der Waals surface area contributed by atoms with Gasteiger partial charge >= 0.3 is 0 Å². The third-order valence-electron chi connectivity index (χ3n) is 3.25. The van der Waals surface area contributed by atoms with Crippen molar-refractivity contribution in [2.24, 2.45) is 0 Å². The number of hydrogen-bond acceptors (Lipinski definition) is 5. The first-order chi connectivity index (χ1) is 9.01. The van der Waals surface area contributed by atoms with E-state index in [1.54, 1.807) is 12.1 Å². The summed E-state index contributed by atoms with van der Waals surface area (Å²) in [5, 5.41) is 18.2. The van der Waals surface area contributed by atoms with E-state index in [2.05, 4.69) is 0 Å². The molecule has 1 aliphatic rings. The van der Waals surface area contributed by atoms with Crippen LogP contribution < -0.4 is 0 Å². The van der Waals surface area contributed by atoms with Crippen LogP contribution in [-0.2, 0) is 9.84 Å². The molecule has 1 aliphatic heterocycles. The molecule has 1 atom stereocenters. The summed E-state index contributed by atoms with van der Waals surface area (Å²) in [4.78, 5) is 2.13. The van der Waals surface area contributed by atoms with Crippen molar-refractivity contribution in [2.45, 2.75) is 17.4 Å². The van der Waals surface area contributed by atoms with E-state index in [0.29, 0.717) is 25.1 Å². The molecule has 1 saturated heterocycles. The average Bonchev–Trinajstić information content (AvgIpc) is 2.82. The first-order valence-electron chi connectivity index (χ1n) is 6.14. The Bertz CT molecular complexity index is 592. The minimum absolute atomic E-state index is 0.00853. The molecule has 0 aromatic heterocycles. The summed E-state index contributed by atoms with van der Waals surface area (Å²) >= 11 is 0. The molecule has 6 heteroatoms. The quantitative estimate of drug-likeness (QED) is 0.863. The van der Waals surface area contributed by atoms with Crippen LogP contribution in [0.2, 0.25) is 0 Å². The smallest absolute Gasteiger partial charge is 0.179 e. The van der Waals surface area contributed by atoms with Gasteiger partial charge in [-0.05, 0) is 24.6 Å². The van der Waals surface area contributed by atoms with E-state index in [4.69, 9.17) is 5.26 Å². The normalized spacial score (nSPS) is 20.3. The van der Waals surface area contributed by atoms with Gasteiger partial charge in [-0.25, -0.2) is 8.42 Å². The molecular formula is C13H16N2O3S. The number of β-amino-alcohol motifs (C(OH)–C–C–N with tert-alkyl or cyclic N) is 1. The molecule has 2 rings (SSSR count). The van der Waals surface area contributed by atoms with Crippen LogP contribution in [0.4, 0.5) is 0 Å². The molecule has 19 heavy (non-hydrogen) atoms. The lowest BCUT2D eigenvalue weighted by Crippen LogP contribution is -2.28. The van der Waals surface area contributed by atoms with Crippen molar-refractivity contribution >= 4 is 9.84 Å². The van der Waals surface area contributed by atoms with Crippen LogP contribution in [0.5, 0.6) is 0 Å². The van der Waals surface area contributed by atoms with Gasteiger partial charge in [0.1, 0.15) is 0 Å². The first kappa shape index (κ1) is 14.0. The van der Waals surface area contributed by atoms with Crippen LogP contribution >= 0.6 is 0 Å². The van der Waals surface area contributed by atoms with E-state index in [1.807, 2.05) is 11.0 Å². The number of sulfone groups is 1. The third-order valence-corrected chi connectivity index (χ3v) is 4.94. The summed E-state index contributed by atoms with van der Waals surface area (Å²) < 4.78 is 24.3. The minimum atomic E-state index is -3.37. The summed E-state index contributed by atoms with van der Waals surface area (Å²) in [7, 11) is -3.37. The Balaban J connectivity index is 2.04. The van der Waals surface area contributed by atoms with Gasteiger partial charge in [-0.2, -0.15) is 5.26 Å². The fourth-order valence-electron chi connectivity index (χ4n) is 2.14. The van der Waals surface area contributed by atoms with Gasteiger partial charge in [0, 0.05) is 19.6 Å². The van der Waals surface area contributed by atoms with E-state index in [1.165, 1.54) is 12.1 Å². The van der Waals surface area contributed by atoms with Crippen LogP contribution in [0.1, 0.15) is 12.0 Å². The summed E-state index contributed by atoms with van der Waals surface area (Å²) in [6, 6.07) is 7.99. The maximum atomic E-state index is 12.1. The summed E-state index contributed by atoms with van der Waals surface area (Å²) in [5.41, 5.74) is 0.345. The second-order valence-electron chi connectivity index (χ2n) is 4.70. The lowest BCUT2D eigenvalue weighted by Gasteiger charge is -2.14. The Hall–Kier alpha value is -1.42. The SMILES string of the molecule is N#Cc1cccc(S(=O)(=O)CCN2CC[C@H](O)C2)c1. The summed E-state index contributed by atoms with van der Waals surface area (Å²) in [6.45, 7) is 1.68. The van der Waals surface area contributed by atoms with Gasteiger partial charge < -0.3 is 5.11 Å².